The van der Waals surface area contributed by atoms with Crippen molar-refractivity contribution in [2.75, 3.05) is 80.0 Å². The molecule has 0 saturated carbocycles. The van der Waals surface area contributed by atoms with Crippen LogP contribution in [0.5, 0.6) is 23.0 Å². The van der Waals surface area contributed by atoms with E-state index in [2.05, 4.69) is 77.7 Å². The fraction of sp³-hybridized carbons (Fsp3) is 0.333. The van der Waals surface area contributed by atoms with Gasteiger partial charge in [-0.25, -0.2) is 0 Å². The number of benzene rings is 5. The molecule has 8 rings (SSSR count). The van der Waals surface area contributed by atoms with Crippen LogP contribution in [0.1, 0.15) is 40.7 Å². The first kappa shape index (κ1) is 35.0. The Morgan fingerprint density at radius 3 is 1.91 bits per heavy atom. The molecule has 2 heterocycles. The lowest BCUT2D eigenvalue weighted by Gasteiger charge is -2.40. The number of methoxy groups -OCH3 is 5. The van der Waals surface area contributed by atoms with Crippen LogP contribution in [0.25, 0.3) is 28.0 Å². The Labute approximate surface area is 311 Å². The molecule has 53 heavy (non-hydrogen) atoms. The summed E-state index contributed by atoms with van der Waals surface area (Å²) in [5.74, 6) is 3.17. The quantitative estimate of drug-likeness (QED) is 0.128. The smallest absolute Gasteiger partial charge is 0.178 e. The van der Waals surface area contributed by atoms with Crippen LogP contribution in [0.4, 0.5) is 5.69 Å². The maximum atomic E-state index is 7.64. The summed E-state index contributed by atoms with van der Waals surface area (Å²) in [4.78, 5) is 2.37. The minimum Gasteiger partial charge on any atom is -0.497 e. The van der Waals surface area contributed by atoms with E-state index in [0.717, 1.165) is 82.1 Å². The van der Waals surface area contributed by atoms with Crippen molar-refractivity contribution in [3.05, 3.63) is 119 Å². The normalized spacial score (nSPS) is 16.4. The molecule has 0 aromatic heterocycles. The minimum atomic E-state index is -0.962. The van der Waals surface area contributed by atoms with E-state index >= 15 is 0 Å². The van der Waals surface area contributed by atoms with Gasteiger partial charge in [-0.1, -0.05) is 54.6 Å². The lowest BCUT2D eigenvalue weighted by atomic mass is 9.70. The number of rotatable bonds is 12. The van der Waals surface area contributed by atoms with Crippen LogP contribution in [0.15, 0.2) is 91.0 Å². The Bertz CT molecular complexity index is 2080. The van der Waals surface area contributed by atoms with E-state index in [-0.39, 0.29) is 5.41 Å². The van der Waals surface area contributed by atoms with Crippen LogP contribution in [0.3, 0.4) is 0 Å². The zero-order chi connectivity index (χ0) is 36.6. The van der Waals surface area contributed by atoms with Crippen LogP contribution >= 0.6 is 0 Å². The van der Waals surface area contributed by atoms with E-state index in [0.29, 0.717) is 26.4 Å². The van der Waals surface area contributed by atoms with Crippen molar-refractivity contribution in [2.24, 2.45) is 0 Å². The summed E-state index contributed by atoms with van der Waals surface area (Å²) in [6.07, 6.45) is 6.08. The molecule has 0 atom stereocenters. The molecule has 1 fully saturated rings. The topological polar surface area (TPSA) is 67.9 Å². The maximum Gasteiger partial charge on any atom is 0.178 e. The molecule has 0 bridgehead atoms. The van der Waals surface area contributed by atoms with E-state index in [1.54, 1.807) is 35.5 Å². The summed E-state index contributed by atoms with van der Waals surface area (Å²) < 4.78 is 42.4. The van der Waals surface area contributed by atoms with Gasteiger partial charge in [-0.15, -0.1) is 0 Å². The summed E-state index contributed by atoms with van der Waals surface area (Å²) >= 11 is 0. The van der Waals surface area contributed by atoms with Gasteiger partial charge in [0, 0.05) is 68.0 Å². The third-order valence-corrected chi connectivity index (χ3v) is 11.4. The summed E-state index contributed by atoms with van der Waals surface area (Å²) in [5.41, 5.74) is 7.73. The number of ether oxygens (including phenoxy) is 7. The Morgan fingerprint density at radius 2 is 1.32 bits per heavy atom. The van der Waals surface area contributed by atoms with E-state index in [9.17, 15) is 0 Å². The molecule has 1 saturated heterocycles. The third-order valence-electron chi connectivity index (χ3n) is 11.4. The number of fused-ring (bicyclic) bond motifs is 8. The van der Waals surface area contributed by atoms with Crippen molar-refractivity contribution in [1.29, 1.82) is 0 Å². The van der Waals surface area contributed by atoms with E-state index < -0.39 is 5.60 Å². The van der Waals surface area contributed by atoms with Crippen molar-refractivity contribution in [1.82, 2.24) is 0 Å². The van der Waals surface area contributed by atoms with Crippen LogP contribution < -0.4 is 23.8 Å². The van der Waals surface area contributed by atoms with Crippen molar-refractivity contribution < 1.29 is 33.2 Å². The highest BCUT2D eigenvalue weighted by Crippen LogP contribution is 2.61. The summed E-state index contributed by atoms with van der Waals surface area (Å²) in [5, 5.41) is 2.12. The molecule has 5 aromatic rings. The first-order valence-corrected chi connectivity index (χ1v) is 18.3. The molecule has 8 nitrogen and oxygen atoms in total. The number of hydrogen-bond acceptors (Lipinski definition) is 8. The second-order valence-corrected chi connectivity index (χ2v) is 13.9. The molecule has 2 aliphatic heterocycles. The molecule has 8 heteroatoms. The van der Waals surface area contributed by atoms with Gasteiger partial charge in [-0.2, -0.15) is 0 Å². The molecule has 0 unspecified atom stereocenters. The molecule has 1 aliphatic carbocycles. The Kier molecular flexibility index (Phi) is 9.53. The Morgan fingerprint density at radius 1 is 0.698 bits per heavy atom. The number of nitrogens with zero attached hydrogens (tertiary/aromatic N) is 1. The molecule has 0 radical (unpaired) electrons. The second-order valence-electron chi connectivity index (χ2n) is 13.9. The van der Waals surface area contributed by atoms with E-state index in [1.807, 2.05) is 24.3 Å². The highest BCUT2D eigenvalue weighted by atomic mass is 16.5. The standard InChI is InChI=1S/C45H47NO7/c1-47-24-20-44(21-25-48-2)38-9-7-6-8-34(38)41-36-28-39(46-22-26-52-27-23-46)40(51-5)29-37(36)43-35(42(41)44)18-19-45(53-43,30-10-14-32(49-3)15-11-30)31-12-16-33(50-4)17-13-31/h6-19,28-29H,20-27H2,1-5H3. The summed E-state index contributed by atoms with van der Waals surface area (Å²) in [6, 6.07) is 29.7. The van der Waals surface area contributed by atoms with Crippen LogP contribution in [0, 0.1) is 0 Å². The molecule has 0 spiro atoms. The fourth-order valence-electron chi connectivity index (χ4n) is 8.75. The van der Waals surface area contributed by atoms with Gasteiger partial charge in [0.2, 0.25) is 0 Å². The molecule has 5 aromatic carbocycles. The minimum absolute atomic E-state index is 0.386. The SMILES string of the molecule is COCCC1(CCOC)c2ccccc2-c2c1c1c(c3cc(OC)c(N4CCOCC4)cc23)OC(c2ccc(OC)cc2)(c2ccc(OC)cc2)C=C1. The van der Waals surface area contributed by atoms with Crippen molar-refractivity contribution in [2.45, 2.75) is 23.9 Å². The molecule has 0 amide bonds. The molecule has 0 N–H and O–H groups in total. The van der Waals surface area contributed by atoms with Crippen LogP contribution in [0.2, 0.25) is 0 Å². The van der Waals surface area contributed by atoms with Gasteiger partial charge in [0.1, 0.15) is 23.0 Å². The highest BCUT2D eigenvalue weighted by Gasteiger charge is 2.48. The van der Waals surface area contributed by atoms with Gasteiger partial charge in [0.25, 0.3) is 0 Å². The van der Waals surface area contributed by atoms with Crippen molar-refractivity contribution in [3.8, 4) is 34.1 Å². The molecular weight excluding hydrogens is 666 g/mol. The summed E-state index contributed by atoms with van der Waals surface area (Å²) in [7, 11) is 8.68. The molecule has 274 valence electrons. The van der Waals surface area contributed by atoms with Gasteiger partial charge in [-0.3, -0.25) is 0 Å². The number of morpholine rings is 1. The first-order chi connectivity index (χ1) is 26.0. The average Bonchev–Trinajstić information content (AvgIpc) is 3.52. The Balaban J connectivity index is 1.47. The van der Waals surface area contributed by atoms with Crippen LogP contribution in [-0.2, 0) is 25.2 Å². The zero-order valence-electron chi connectivity index (χ0n) is 31.2. The lowest BCUT2D eigenvalue weighted by Crippen LogP contribution is -2.36. The monoisotopic (exact) mass is 713 g/mol. The highest BCUT2D eigenvalue weighted by molar-refractivity contribution is 6.10. The van der Waals surface area contributed by atoms with E-state index in [4.69, 9.17) is 33.2 Å². The molecule has 3 aliphatic rings. The van der Waals surface area contributed by atoms with Gasteiger partial charge < -0.3 is 38.1 Å². The van der Waals surface area contributed by atoms with Gasteiger partial charge in [0.15, 0.2) is 5.60 Å². The van der Waals surface area contributed by atoms with Crippen molar-refractivity contribution >= 4 is 22.5 Å². The first-order valence-electron chi connectivity index (χ1n) is 18.3. The number of anilines is 1. The average molecular weight is 714 g/mol. The predicted molar refractivity (Wildman–Crippen MR) is 209 cm³/mol. The fourth-order valence-corrected chi connectivity index (χ4v) is 8.75. The largest absolute Gasteiger partial charge is 0.497 e. The third kappa shape index (κ3) is 5.71. The van der Waals surface area contributed by atoms with Crippen molar-refractivity contribution in [3.63, 3.8) is 0 Å². The molecular formula is C45H47NO7. The predicted octanol–water partition coefficient (Wildman–Crippen LogP) is 8.39. The van der Waals surface area contributed by atoms with Gasteiger partial charge in [0.05, 0.1) is 40.2 Å². The summed E-state index contributed by atoms with van der Waals surface area (Å²) in [6.45, 7) is 4.10. The number of hydrogen-bond donors (Lipinski definition) is 0. The lowest BCUT2D eigenvalue weighted by molar-refractivity contribution is 0.122. The maximum absolute atomic E-state index is 7.64. The Hall–Kier alpha value is -5.02. The van der Waals surface area contributed by atoms with Crippen LogP contribution in [-0.4, -0.2) is 75.1 Å². The zero-order valence-corrected chi connectivity index (χ0v) is 31.2. The van der Waals surface area contributed by atoms with Gasteiger partial charge in [-0.05, 0) is 83.0 Å². The second kappa shape index (κ2) is 14.4. The van der Waals surface area contributed by atoms with E-state index in [1.165, 1.54) is 22.3 Å². The van der Waals surface area contributed by atoms with Gasteiger partial charge >= 0.3 is 0 Å².